The number of rotatable bonds is 10. The van der Waals surface area contributed by atoms with Crippen molar-refractivity contribution in [2.45, 2.75) is 26.7 Å². The van der Waals surface area contributed by atoms with Gasteiger partial charge in [-0.3, -0.25) is 9.80 Å². The van der Waals surface area contributed by atoms with Gasteiger partial charge in [-0.1, -0.05) is 86.4 Å². The molecule has 0 amide bonds. The summed E-state index contributed by atoms with van der Waals surface area (Å²) in [5.41, 5.74) is 2.80. The fourth-order valence-electron chi connectivity index (χ4n) is 2.90. The summed E-state index contributed by atoms with van der Waals surface area (Å²) in [4.78, 5) is 4.83. The van der Waals surface area contributed by atoms with Gasteiger partial charge < -0.3 is 0 Å². The summed E-state index contributed by atoms with van der Waals surface area (Å²) >= 11 is 0. The molecule has 0 saturated carbocycles. The minimum Gasteiger partial charge on any atom is -0.292 e. The van der Waals surface area contributed by atoms with E-state index in [1.54, 1.807) is 0 Å². The van der Waals surface area contributed by atoms with Crippen LogP contribution in [0, 0.1) is 11.8 Å². The van der Waals surface area contributed by atoms with Gasteiger partial charge in [0.05, 0.1) is 13.1 Å². The van der Waals surface area contributed by atoms with Crippen LogP contribution in [-0.2, 0) is 12.8 Å². The third-order valence-electron chi connectivity index (χ3n) is 4.74. The number of hydrogen-bond acceptors (Lipinski definition) is 2. The minimum absolute atomic E-state index is 0. The van der Waals surface area contributed by atoms with Crippen LogP contribution in [0.4, 0.5) is 0 Å². The quantitative estimate of drug-likeness (QED) is 0.500. The molecular weight excluding hydrogens is 387 g/mol. The highest BCUT2D eigenvalue weighted by Gasteiger charge is 2.02. The Balaban J connectivity index is 0.00000364. The third-order valence-corrected chi connectivity index (χ3v) is 4.74. The standard InChI is InChI=1S/C24H32N2.2ClH/c1-3-25(21-17-23-13-7-5-8-14-23)19-11-12-20-26(4-2)22-18-24-15-9-6-10-16-24;;/h5-10,13-16H,3-4,17-22H2,1-2H3;2*1H. The van der Waals surface area contributed by atoms with E-state index in [4.69, 9.17) is 0 Å². The Kier molecular flexibility index (Phi) is 15.6. The molecule has 2 nitrogen and oxygen atoms in total. The molecule has 0 aromatic heterocycles. The average Bonchev–Trinajstić information content (AvgIpc) is 2.71. The van der Waals surface area contributed by atoms with Crippen molar-refractivity contribution >= 4 is 24.8 Å². The summed E-state index contributed by atoms with van der Waals surface area (Å²) in [6.45, 7) is 10.4. The molecule has 0 saturated heterocycles. The first-order valence-corrected chi connectivity index (χ1v) is 9.80. The zero-order valence-electron chi connectivity index (χ0n) is 17.1. The number of hydrogen-bond donors (Lipinski definition) is 0. The lowest BCUT2D eigenvalue weighted by Crippen LogP contribution is -2.27. The van der Waals surface area contributed by atoms with E-state index in [0.29, 0.717) is 0 Å². The van der Waals surface area contributed by atoms with Crippen LogP contribution in [-0.4, -0.2) is 49.1 Å². The lowest BCUT2D eigenvalue weighted by atomic mass is 10.1. The zero-order chi connectivity index (χ0) is 18.5. The van der Waals surface area contributed by atoms with Gasteiger partial charge in [0.25, 0.3) is 0 Å². The minimum atomic E-state index is 0. The number of likely N-dealkylation sites (N-methyl/N-ethyl adjacent to an activating group) is 2. The lowest BCUT2D eigenvalue weighted by Gasteiger charge is -2.18. The van der Waals surface area contributed by atoms with E-state index in [9.17, 15) is 0 Å². The van der Waals surface area contributed by atoms with Crippen molar-refractivity contribution in [1.29, 1.82) is 0 Å². The highest BCUT2D eigenvalue weighted by atomic mass is 35.5. The molecule has 28 heavy (non-hydrogen) atoms. The van der Waals surface area contributed by atoms with Crippen LogP contribution in [0.2, 0.25) is 0 Å². The molecule has 2 aromatic rings. The average molecular weight is 421 g/mol. The van der Waals surface area contributed by atoms with Gasteiger partial charge in [0.2, 0.25) is 0 Å². The maximum atomic E-state index is 3.37. The van der Waals surface area contributed by atoms with Gasteiger partial charge >= 0.3 is 0 Å². The molecule has 0 radical (unpaired) electrons. The molecule has 0 heterocycles. The molecule has 0 spiro atoms. The molecule has 0 aliphatic carbocycles. The predicted molar refractivity (Wildman–Crippen MR) is 127 cm³/mol. The molecule has 0 N–H and O–H groups in total. The molecule has 4 heteroatoms. The first kappa shape index (κ1) is 26.5. The number of nitrogens with zero attached hydrogens (tertiary/aromatic N) is 2. The highest BCUT2D eigenvalue weighted by molar-refractivity contribution is 5.85. The first-order chi connectivity index (χ1) is 12.8. The molecule has 0 fully saturated rings. The molecule has 0 atom stereocenters. The predicted octanol–water partition coefficient (Wildman–Crippen LogP) is 4.96. The van der Waals surface area contributed by atoms with Crippen LogP contribution in [0.1, 0.15) is 25.0 Å². The third kappa shape index (κ3) is 10.7. The van der Waals surface area contributed by atoms with E-state index in [1.165, 1.54) is 11.1 Å². The monoisotopic (exact) mass is 420 g/mol. The highest BCUT2D eigenvalue weighted by Crippen LogP contribution is 2.02. The molecule has 2 aromatic carbocycles. The maximum absolute atomic E-state index is 3.37. The molecule has 0 unspecified atom stereocenters. The van der Waals surface area contributed by atoms with Crippen LogP contribution in [0.25, 0.3) is 0 Å². The van der Waals surface area contributed by atoms with E-state index in [0.717, 1.165) is 52.1 Å². The Morgan fingerprint density at radius 2 is 0.964 bits per heavy atom. The van der Waals surface area contributed by atoms with E-state index in [2.05, 4.69) is 96.2 Å². The number of benzene rings is 2. The van der Waals surface area contributed by atoms with Crippen molar-refractivity contribution in [2.24, 2.45) is 0 Å². The summed E-state index contributed by atoms with van der Waals surface area (Å²) in [5.74, 6) is 6.74. The summed E-state index contributed by atoms with van der Waals surface area (Å²) < 4.78 is 0. The summed E-state index contributed by atoms with van der Waals surface area (Å²) in [6, 6.07) is 21.4. The van der Waals surface area contributed by atoms with Gasteiger partial charge in [-0.2, -0.15) is 0 Å². The SMILES string of the molecule is CCN(CC#CCN(CC)CCc1ccccc1)CCc1ccccc1.Cl.Cl. The fraction of sp³-hybridized carbons (Fsp3) is 0.417. The van der Waals surface area contributed by atoms with Gasteiger partial charge in [-0.25, -0.2) is 0 Å². The van der Waals surface area contributed by atoms with Crippen molar-refractivity contribution < 1.29 is 0 Å². The van der Waals surface area contributed by atoms with Crippen LogP contribution in [0.5, 0.6) is 0 Å². The van der Waals surface area contributed by atoms with Crippen molar-refractivity contribution in [2.75, 3.05) is 39.3 Å². The smallest absolute Gasteiger partial charge is 0.0602 e. The second kappa shape index (κ2) is 16.5. The second-order valence-corrected chi connectivity index (χ2v) is 6.56. The first-order valence-electron chi connectivity index (χ1n) is 9.80. The van der Waals surface area contributed by atoms with E-state index in [1.807, 2.05) is 0 Å². The zero-order valence-corrected chi connectivity index (χ0v) is 18.8. The van der Waals surface area contributed by atoms with Gasteiger partial charge in [0, 0.05) is 13.1 Å². The Morgan fingerprint density at radius 1 is 0.607 bits per heavy atom. The molecule has 0 bridgehead atoms. The van der Waals surface area contributed by atoms with Crippen molar-refractivity contribution in [3.63, 3.8) is 0 Å². The van der Waals surface area contributed by atoms with Crippen molar-refractivity contribution in [3.8, 4) is 11.8 Å². The van der Waals surface area contributed by atoms with Crippen LogP contribution < -0.4 is 0 Å². The van der Waals surface area contributed by atoms with Gasteiger partial charge in [0.15, 0.2) is 0 Å². The molecule has 0 aliphatic heterocycles. The van der Waals surface area contributed by atoms with Crippen LogP contribution in [0.3, 0.4) is 0 Å². The summed E-state index contributed by atoms with van der Waals surface area (Å²) in [5, 5.41) is 0. The molecule has 154 valence electrons. The van der Waals surface area contributed by atoms with E-state index < -0.39 is 0 Å². The Labute approximate surface area is 184 Å². The maximum Gasteiger partial charge on any atom is 0.0602 e. The van der Waals surface area contributed by atoms with Gasteiger partial charge in [-0.15, -0.1) is 24.8 Å². The van der Waals surface area contributed by atoms with E-state index in [-0.39, 0.29) is 24.8 Å². The molecule has 2 rings (SSSR count). The molecular formula is C24H34Cl2N2. The Hall–Kier alpha value is -1.50. The Morgan fingerprint density at radius 3 is 1.29 bits per heavy atom. The van der Waals surface area contributed by atoms with Crippen LogP contribution in [0.15, 0.2) is 60.7 Å². The lowest BCUT2D eigenvalue weighted by molar-refractivity contribution is 0.323. The van der Waals surface area contributed by atoms with Crippen molar-refractivity contribution in [3.05, 3.63) is 71.8 Å². The topological polar surface area (TPSA) is 6.48 Å². The van der Waals surface area contributed by atoms with Gasteiger partial charge in [0.1, 0.15) is 0 Å². The van der Waals surface area contributed by atoms with E-state index >= 15 is 0 Å². The van der Waals surface area contributed by atoms with Gasteiger partial charge in [-0.05, 0) is 37.1 Å². The fourth-order valence-corrected chi connectivity index (χ4v) is 2.90. The van der Waals surface area contributed by atoms with Crippen molar-refractivity contribution in [1.82, 2.24) is 9.80 Å². The molecule has 0 aliphatic rings. The second-order valence-electron chi connectivity index (χ2n) is 6.56. The number of halogens is 2. The Bertz CT molecular complexity index is 608. The normalized spacial score (nSPS) is 10.0. The summed E-state index contributed by atoms with van der Waals surface area (Å²) in [6.07, 6.45) is 2.18. The van der Waals surface area contributed by atoms with Crippen LogP contribution >= 0.6 is 24.8 Å². The largest absolute Gasteiger partial charge is 0.292 e. The summed E-state index contributed by atoms with van der Waals surface area (Å²) in [7, 11) is 0.